The Bertz CT molecular complexity index is 860. The molecule has 4 heteroatoms. The molecule has 0 bridgehead atoms. The second-order valence-electron chi connectivity index (χ2n) is 6.48. The molecule has 3 rings (SSSR count). The van der Waals surface area contributed by atoms with Crippen LogP contribution in [0, 0.1) is 0 Å². The lowest BCUT2D eigenvalue weighted by molar-refractivity contribution is 0.102. The first-order chi connectivity index (χ1) is 13.2. The predicted octanol–water partition coefficient (Wildman–Crippen LogP) is 4.94. The Balaban J connectivity index is 1.52. The molecule has 0 aliphatic heterocycles. The third-order valence-electron chi connectivity index (χ3n) is 4.43. The summed E-state index contributed by atoms with van der Waals surface area (Å²) in [5, 5.41) is 6.27. The minimum absolute atomic E-state index is 0.153. The molecule has 138 valence electrons. The molecule has 0 fully saturated rings. The van der Waals surface area contributed by atoms with Gasteiger partial charge in [0.2, 0.25) is 0 Å². The first-order valence-corrected chi connectivity index (χ1v) is 9.38. The highest BCUT2D eigenvalue weighted by Gasteiger charge is 2.07. The van der Waals surface area contributed by atoms with Crippen LogP contribution in [-0.2, 0) is 12.8 Å². The summed E-state index contributed by atoms with van der Waals surface area (Å²) < 4.78 is 0. The molecule has 0 saturated carbocycles. The number of pyridine rings is 1. The third-order valence-corrected chi connectivity index (χ3v) is 4.43. The monoisotopic (exact) mass is 359 g/mol. The van der Waals surface area contributed by atoms with Gasteiger partial charge in [0.15, 0.2) is 0 Å². The van der Waals surface area contributed by atoms with Gasteiger partial charge in [0, 0.05) is 24.6 Å². The zero-order chi connectivity index (χ0) is 18.9. The van der Waals surface area contributed by atoms with Crippen molar-refractivity contribution in [3.63, 3.8) is 0 Å². The molecule has 3 aromatic rings. The lowest BCUT2D eigenvalue weighted by Crippen LogP contribution is -2.13. The van der Waals surface area contributed by atoms with E-state index in [0.29, 0.717) is 5.56 Å². The number of benzene rings is 2. The van der Waals surface area contributed by atoms with Gasteiger partial charge in [0.25, 0.3) is 5.91 Å². The van der Waals surface area contributed by atoms with Gasteiger partial charge in [-0.1, -0.05) is 49.4 Å². The van der Waals surface area contributed by atoms with Crippen LogP contribution in [0.4, 0.5) is 11.4 Å². The lowest BCUT2D eigenvalue weighted by atomic mass is 10.1. The number of hydrogen-bond donors (Lipinski definition) is 2. The van der Waals surface area contributed by atoms with Gasteiger partial charge in [-0.2, -0.15) is 0 Å². The molecule has 0 aliphatic carbocycles. The van der Waals surface area contributed by atoms with E-state index in [1.54, 1.807) is 12.4 Å². The molecular formula is C23H25N3O. The zero-order valence-corrected chi connectivity index (χ0v) is 15.6. The van der Waals surface area contributed by atoms with Crippen molar-refractivity contribution in [3.05, 3.63) is 89.7 Å². The molecule has 0 atom stereocenters. The summed E-state index contributed by atoms with van der Waals surface area (Å²) in [6.45, 7) is 2.94. The van der Waals surface area contributed by atoms with Crippen LogP contribution in [0.3, 0.4) is 0 Å². The maximum Gasteiger partial charge on any atom is 0.257 e. The Kier molecular flexibility index (Phi) is 6.58. The molecule has 1 aromatic heterocycles. The number of rotatable bonds is 8. The number of hydrogen-bond acceptors (Lipinski definition) is 3. The van der Waals surface area contributed by atoms with E-state index in [-0.39, 0.29) is 5.91 Å². The van der Waals surface area contributed by atoms with Crippen LogP contribution in [0.25, 0.3) is 0 Å². The van der Waals surface area contributed by atoms with Gasteiger partial charge in [-0.05, 0) is 48.6 Å². The number of aryl methyl sites for hydroxylation is 2. The molecule has 1 amide bonds. The van der Waals surface area contributed by atoms with Crippen LogP contribution in [0.5, 0.6) is 0 Å². The topological polar surface area (TPSA) is 54.0 Å². The number of carbonyl (C=O) groups is 1. The molecule has 27 heavy (non-hydrogen) atoms. The van der Waals surface area contributed by atoms with Gasteiger partial charge in [-0.3, -0.25) is 9.78 Å². The van der Waals surface area contributed by atoms with Crippen molar-refractivity contribution in [1.29, 1.82) is 0 Å². The fraction of sp³-hybridized carbons (Fsp3) is 0.217. The van der Waals surface area contributed by atoms with Crippen LogP contribution in [-0.4, -0.2) is 17.4 Å². The summed E-state index contributed by atoms with van der Waals surface area (Å²) in [6, 6.07) is 20.2. The molecule has 1 heterocycles. The molecule has 0 saturated heterocycles. The lowest BCUT2D eigenvalue weighted by Gasteiger charge is -2.09. The third kappa shape index (κ3) is 5.68. The van der Waals surface area contributed by atoms with Crippen molar-refractivity contribution < 1.29 is 4.79 Å². The maximum atomic E-state index is 12.5. The summed E-state index contributed by atoms with van der Waals surface area (Å²) in [5.74, 6) is -0.153. The van der Waals surface area contributed by atoms with Gasteiger partial charge >= 0.3 is 0 Å². The van der Waals surface area contributed by atoms with E-state index in [2.05, 4.69) is 46.8 Å². The summed E-state index contributed by atoms with van der Waals surface area (Å²) in [5.41, 5.74) is 4.77. The summed E-state index contributed by atoms with van der Waals surface area (Å²) >= 11 is 0. The molecule has 0 unspecified atom stereocenters. The largest absolute Gasteiger partial charge is 0.384 e. The van der Waals surface area contributed by atoms with E-state index in [9.17, 15) is 4.79 Å². The van der Waals surface area contributed by atoms with Gasteiger partial charge in [0.1, 0.15) is 0 Å². The SMILES string of the molecule is CCc1ccc(NC(=O)c2cncc(NCCCc3ccccc3)c2)cc1. The van der Waals surface area contributed by atoms with E-state index in [4.69, 9.17) is 0 Å². The number of carbonyl (C=O) groups excluding carboxylic acids is 1. The number of nitrogens with one attached hydrogen (secondary N) is 2. The summed E-state index contributed by atoms with van der Waals surface area (Å²) in [6.07, 6.45) is 6.36. The highest BCUT2D eigenvalue weighted by Crippen LogP contribution is 2.14. The fourth-order valence-corrected chi connectivity index (χ4v) is 2.86. The molecular weight excluding hydrogens is 334 g/mol. The number of amides is 1. The average molecular weight is 359 g/mol. The highest BCUT2D eigenvalue weighted by molar-refractivity contribution is 6.04. The Hall–Kier alpha value is -3.14. The summed E-state index contributed by atoms with van der Waals surface area (Å²) in [4.78, 5) is 16.6. The van der Waals surface area contributed by atoms with Crippen LogP contribution in [0.1, 0.15) is 34.8 Å². The Morgan fingerprint density at radius 2 is 1.70 bits per heavy atom. The smallest absolute Gasteiger partial charge is 0.257 e. The average Bonchev–Trinajstić information content (AvgIpc) is 2.73. The second-order valence-corrected chi connectivity index (χ2v) is 6.48. The first kappa shape index (κ1) is 18.6. The fourth-order valence-electron chi connectivity index (χ4n) is 2.86. The molecule has 0 radical (unpaired) electrons. The quantitative estimate of drug-likeness (QED) is 0.560. The standard InChI is InChI=1S/C23H25N3O/c1-2-18-10-12-21(13-11-18)26-23(27)20-15-22(17-24-16-20)25-14-6-9-19-7-4-3-5-8-19/h3-5,7-8,10-13,15-17,25H,2,6,9,14H2,1H3,(H,26,27). The van der Waals surface area contributed by atoms with Crippen molar-refractivity contribution in [1.82, 2.24) is 4.98 Å². The van der Waals surface area contributed by atoms with Crippen LogP contribution < -0.4 is 10.6 Å². The van der Waals surface area contributed by atoms with Crippen molar-refractivity contribution in [2.75, 3.05) is 17.2 Å². The van der Waals surface area contributed by atoms with Crippen molar-refractivity contribution in [2.24, 2.45) is 0 Å². The van der Waals surface area contributed by atoms with E-state index in [1.807, 2.05) is 36.4 Å². The van der Waals surface area contributed by atoms with E-state index in [0.717, 1.165) is 37.2 Å². The Morgan fingerprint density at radius 1 is 0.926 bits per heavy atom. The number of aromatic nitrogens is 1. The minimum Gasteiger partial charge on any atom is -0.384 e. The van der Waals surface area contributed by atoms with Gasteiger partial charge in [-0.25, -0.2) is 0 Å². The summed E-state index contributed by atoms with van der Waals surface area (Å²) in [7, 11) is 0. The molecule has 2 aromatic carbocycles. The van der Waals surface area contributed by atoms with Crippen LogP contribution in [0.15, 0.2) is 73.1 Å². The highest BCUT2D eigenvalue weighted by atomic mass is 16.1. The molecule has 0 aliphatic rings. The Labute approximate surface area is 160 Å². The molecule has 4 nitrogen and oxygen atoms in total. The molecule has 2 N–H and O–H groups in total. The Morgan fingerprint density at radius 3 is 2.44 bits per heavy atom. The van der Waals surface area contributed by atoms with Crippen molar-refractivity contribution >= 4 is 17.3 Å². The van der Waals surface area contributed by atoms with E-state index in [1.165, 1.54) is 11.1 Å². The van der Waals surface area contributed by atoms with Gasteiger partial charge in [0.05, 0.1) is 11.3 Å². The number of nitrogens with zero attached hydrogens (tertiary/aromatic N) is 1. The van der Waals surface area contributed by atoms with Crippen LogP contribution >= 0.6 is 0 Å². The normalized spacial score (nSPS) is 10.4. The van der Waals surface area contributed by atoms with E-state index >= 15 is 0 Å². The second kappa shape index (κ2) is 9.53. The van der Waals surface area contributed by atoms with Crippen LogP contribution in [0.2, 0.25) is 0 Å². The zero-order valence-electron chi connectivity index (χ0n) is 15.6. The van der Waals surface area contributed by atoms with E-state index < -0.39 is 0 Å². The maximum absolute atomic E-state index is 12.5. The van der Waals surface area contributed by atoms with Crippen molar-refractivity contribution in [3.8, 4) is 0 Å². The first-order valence-electron chi connectivity index (χ1n) is 9.38. The molecule has 0 spiro atoms. The van der Waals surface area contributed by atoms with Gasteiger partial charge < -0.3 is 10.6 Å². The number of anilines is 2. The van der Waals surface area contributed by atoms with Crippen molar-refractivity contribution in [2.45, 2.75) is 26.2 Å². The minimum atomic E-state index is -0.153. The predicted molar refractivity (Wildman–Crippen MR) is 111 cm³/mol. The van der Waals surface area contributed by atoms with Gasteiger partial charge in [-0.15, -0.1) is 0 Å².